The molecule has 0 spiro atoms. The first-order valence-corrected chi connectivity index (χ1v) is 9.31. The van der Waals surface area contributed by atoms with Crippen LogP contribution in [0.25, 0.3) is 0 Å². The fourth-order valence-corrected chi connectivity index (χ4v) is 4.56. The molecular formula is C13H23N2O2S2+. The summed E-state index contributed by atoms with van der Waals surface area (Å²) in [5, 5.41) is 1.79. The minimum absolute atomic E-state index is 0.409. The maximum atomic E-state index is 11.9. The van der Waals surface area contributed by atoms with Crippen LogP contribution in [0.3, 0.4) is 0 Å². The van der Waals surface area contributed by atoms with E-state index in [0.717, 1.165) is 18.9 Å². The summed E-state index contributed by atoms with van der Waals surface area (Å²) in [5.74, 6) is 0.862. The number of nitrogens with one attached hydrogen (secondary N) is 2. The lowest BCUT2D eigenvalue weighted by atomic mass is 9.99. The number of rotatable bonds is 6. The van der Waals surface area contributed by atoms with Crippen molar-refractivity contribution in [3.05, 3.63) is 17.5 Å². The lowest BCUT2D eigenvalue weighted by Gasteiger charge is -2.27. The number of hydrogen-bond acceptors (Lipinski definition) is 3. The number of likely N-dealkylation sites (tertiary alicyclic amines) is 1. The zero-order valence-corrected chi connectivity index (χ0v) is 13.0. The van der Waals surface area contributed by atoms with E-state index >= 15 is 0 Å². The molecule has 4 nitrogen and oxygen atoms in total. The lowest BCUT2D eigenvalue weighted by molar-refractivity contribution is -0.906. The van der Waals surface area contributed by atoms with Gasteiger partial charge in [0.1, 0.15) is 4.21 Å². The Kier molecular flexibility index (Phi) is 5.38. The maximum absolute atomic E-state index is 11.9. The van der Waals surface area contributed by atoms with Gasteiger partial charge in [-0.3, -0.25) is 0 Å². The Morgan fingerprint density at radius 1 is 1.42 bits per heavy atom. The predicted molar refractivity (Wildman–Crippen MR) is 78.1 cm³/mol. The molecule has 0 bridgehead atoms. The Balaban J connectivity index is 1.67. The SMILES string of the molecule is CC1CC[NH+](CCCNS(=O)(=O)c2cccs2)CC1. The van der Waals surface area contributed by atoms with Crippen LogP contribution in [0, 0.1) is 5.92 Å². The second-order valence-electron chi connectivity index (χ2n) is 5.37. The van der Waals surface area contributed by atoms with Gasteiger partial charge in [0, 0.05) is 13.0 Å². The number of quaternary nitrogens is 1. The van der Waals surface area contributed by atoms with E-state index in [4.69, 9.17) is 0 Å². The molecule has 2 N–H and O–H groups in total. The molecule has 2 heterocycles. The van der Waals surface area contributed by atoms with Gasteiger partial charge in [0.05, 0.1) is 19.6 Å². The lowest BCUT2D eigenvalue weighted by Crippen LogP contribution is -3.13. The van der Waals surface area contributed by atoms with Crippen molar-refractivity contribution < 1.29 is 13.3 Å². The first-order chi connectivity index (χ1) is 9.08. The van der Waals surface area contributed by atoms with Crippen LogP contribution in [0.2, 0.25) is 0 Å². The van der Waals surface area contributed by atoms with Crippen molar-refractivity contribution in [3.8, 4) is 0 Å². The highest BCUT2D eigenvalue weighted by atomic mass is 32.2. The van der Waals surface area contributed by atoms with E-state index in [0.29, 0.717) is 10.8 Å². The van der Waals surface area contributed by atoms with Crippen molar-refractivity contribution in [1.29, 1.82) is 0 Å². The van der Waals surface area contributed by atoms with Gasteiger partial charge >= 0.3 is 0 Å². The van der Waals surface area contributed by atoms with E-state index < -0.39 is 10.0 Å². The molecule has 1 saturated heterocycles. The summed E-state index contributed by atoms with van der Waals surface area (Å²) in [6.07, 6.45) is 3.51. The highest BCUT2D eigenvalue weighted by Gasteiger charge is 2.19. The van der Waals surface area contributed by atoms with Crippen molar-refractivity contribution in [1.82, 2.24) is 4.72 Å². The molecule has 0 aromatic carbocycles. The van der Waals surface area contributed by atoms with Crippen LogP contribution >= 0.6 is 11.3 Å². The third kappa shape index (κ3) is 4.56. The minimum Gasteiger partial charge on any atom is -0.335 e. The van der Waals surface area contributed by atoms with E-state index in [1.54, 1.807) is 22.4 Å². The summed E-state index contributed by atoms with van der Waals surface area (Å²) in [7, 11) is -3.27. The molecule has 19 heavy (non-hydrogen) atoms. The molecule has 1 fully saturated rings. The molecule has 0 unspecified atom stereocenters. The first kappa shape index (κ1) is 15.0. The van der Waals surface area contributed by atoms with Crippen LogP contribution in [0.15, 0.2) is 21.7 Å². The van der Waals surface area contributed by atoms with Crippen LogP contribution in [-0.2, 0) is 10.0 Å². The average Bonchev–Trinajstić information content (AvgIpc) is 2.91. The van der Waals surface area contributed by atoms with Crippen molar-refractivity contribution >= 4 is 21.4 Å². The third-order valence-electron chi connectivity index (χ3n) is 3.74. The smallest absolute Gasteiger partial charge is 0.250 e. The van der Waals surface area contributed by atoms with Gasteiger partial charge in [0.15, 0.2) is 0 Å². The highest BCUT2D eigenvalue weighted by Crippen LogP contribution is 2.14. The molecule has 1 aliphatic rings. The summed E-state index contributed by atoms with van der Waals surface area (Å²) in [6.45, 7) is 6.39. The molecular weight excluding hydrogens is 280 g/mol. The fraction of sp³-hybridized carbons (Fsp3) is 0.692. The van der Waals surface area contributed by atoms with E-state index in [9.17, 15) is 8.42 Å². The summed E-state index contributed by atoms with van der Waals surface area (Å²) < 4.78 is 26.8. The molecule has 6 heteroatoms. The van der Waals surface area contributed by atoms with Gasteiger partial charge < -0.3 is 4.90 Å². The normalized spacial score (nSPS) is 24.5. The Labute approximate surface area is 119 Å². The molecule has 0 saturated carbocycles. The van der Waals surface area contributed by atoms with Gasteiger partial charge in [-0.05, 0) is 30.2 Å². The van der Waals surface area contributed by atoms with Gasteiger partial charge in [0.25, 0.3) is 0 Å². The van der Waals surface area contributed by atoms with E-state index in [-0.39, 0.29) is 0 Å². The van der Waals surface area contributed by atoms with Gasteiger partial charge in [-0.1, -0.05) is 13.0 Å². The van der Waals surface area contributed by atoms with Gasteiger partial charge in [-0.2, -0.15) is 0 Å². The Morgan fingerprint density at radius 2 is 2.16 bits per heavy atom. The second kappa shape index (κ2) is 6.83. The van der Waals surface area contributed by atoms with Gasteiger partial charge in [-0.25, -0.2) is 13.1 Å². The number of sulfonamides is 1. The summed E-state index contributed by atoms with van der Waals surface area (Å²) >= 11 is 1.26. The van der Waals surface area contributed by atoms with Gasteiger partial charge in [-0.15, -0.1) is 11.3 Å². The van der Waals surface area contributed by atoms with Crippen LogP contribution in [-0.4, -0.2) is 34.6 Å². The molecule has 0 amide bonds. The molecule has 1 aromatic rings. The zero-order valence-electron chi connectivity index (χ0n) is 11.4. The molecule has 108 valence electrons. The number of thiophene rings is 1. The molecule has 2 rings (SSSR count). The second-order valence-corrected chi connectivity index (χ2v) is 8.31. The third-order valence-corrected chi connectivity index (χ3v) is 6.60. The van der Waals surface area contributed by atoms with Crippen molar-refractivity contribution in [2.24, 2.45) is 5.92 Å². The van der Waals surface area contributed by atoms with Crippen LogP contribution in [0.4, 0.5) is 0 Å². The minimum atomic E-state index is -3.27. The topological polar surface area (TPSA) is 50.6 Å². The number of hydrogen-bond donors (Lipinski definition) is 2. The molecule has 1 aliphatic heterocycles. The zero-order chi connectivity index (χ0) is 13.7. The van der Waals surface area contributed by atoms with Crippen LogP contribution < -0.4 is 9.62 Å². The molecule has 0 atom stereocenters. The number of piperidine rings is 1. The van der Waals surface area contributed by atoms with E-state index in [1.165, 1.54) is 37.3 Å². The van der Waals surface area contributed by atoms with Crippen molar-refractivity contribution in [2.75, 3.05) is 26.2 Å². The summed E-state index contributed by atoms with van der Waals surface area (Å²) in [4.78, 5) is 1.62. The summed E-state index contributed by atoms with van der Waals surface area (Å²) in [6, 6.07) is 3.41. The Morgan fingerprint density at radius 3 is 2.79 bits per heavy atom. The quantitative estimate of drug-likeness (QED) is 0.761. The van der Waals surface area contributed by atoms with E-state index in [2.05, 4.69) is 11.6 Å². The van der Waals surface area contributed by atoms with Crippen molar-refractivity contribution in [3.63, 3.8) is 0 Å². The monoisotopic (exact) mass is 303 g/mol. The van der Waals surface area contributed by atoms with Crippen LogP contribution in [0.5, 0.6) is 0 Å². The highest BCUT2D eigenvalue weighted by molar-refractivity contribution is 7.91. The molecule has 0 aliphatic carbocycles. The van der Waals surface area contributed by atoms with Gasteiger partial charge in [0.2, 0.25) is 10.0 Å². The standard InChI is InChI=1S/C13H22N2O2S2/c1-12-5-9-15(10-6-12)8-3-7-14-19(16,17)13-4-2-11-18-13/h2,4,11-12,14H,3,5-10H2,1H3/p+1. The predicted octanol–water partition coefficient (Wildman–Crippen LogP) is 0.731. The van der Waals surface area contributed by atoms with Crippen molar-refractivity contribution in [2.45, 2.75) is 30.4 Å². The van der Waals surface area contributed by atoms with Crippen LogP contribution in [0.1, 0.15) is 26.2 Å². The summed E-state index contributed by atoms with van der Waals surface area (Å²) in [5.41, 5.74) is 0. The molecule has 1 aromatic heterocycles. The Hall–Kier alpha value is -0.430. The average molecular weight is 303 g/mol. The maximum Gasteiger partial charge on any atom is 0.250 e. The Bertz CT molecular complexity index is 463. The molecule has 0 radical (unpaired) electrons. The largest absolute Gasteiger partial charge is 0.335 e. The van der Waals surface area contributed by atoms with E-state index in [1.807, 2.05) is 0 Å². The first-order valence-electron chi connectivity index (χ1n) is 6.94. The fourth-order valence-electron chi connectivity index (χ4n) is 2.45.